The summed E-state index contributed by atoms with van der Waals surface area (Å²) in [6, 6.07) is 16.2. The molecule has 0 bridgehead atoms. The Kier molecular flexibility index (Phi) is 2.23. The Balaban J connectivity index is 1.91. The second-order valence-electron chi connectivity index (χ2n) is 6.88. The summed E-state index contributed by atoms with van der Waals surface area (Å²) in [6.45, 7) is 0. The Morgan fingerprint density at radius 1 is 0.760 bits per heavy atom. The number of fused-ring (bicyclic) bond motifs is 10. The summed E-state index contributed by atoms with van der Waals surface area (Å²) < 4.78 is 0. The van der Waals surface area contributed by atoms with Crippen LogP contribution in [0.3, 0.4) is 0 Å². The molecule has 1 heterocycles. The number of Topliss-reactive ketones (excluding diaryl/α,β-unsaturated/α-hetero) is 2. The average Bonchev–Trinajstić information content (AvgIpc) is 3.26. The maximum Gasteiger partial charge on any atom is 0.172 e. The molecular formula is C22H13NO2. The summed E-state index contributed by atoms with van der Waals surface area (Å²) >= 11 is 0. The van der Waals surface area contributed by atoms with Crippen LogP contribution in [-0.4, -0.2) is 16.6 Å². The van der Waals surface area contributed by atoms with E-state index < -0.39 is 0 Å². The number of H-pyrrole nitrogens is 1. The third-order valence-corrected chi connectivity index (χ3v) is 5.59. The molecule has 3 heteroatoms. The minimum atomic E-state index is -0.0538. The van der Waals surface area contributed by atoms with Crippen molar-refractivity contribution in [2.75, 3.05) is 0 Å². The van der Waals surface area contributed by atoms with Crippen LogP contribution < -0.4 is 0 Å². The zero-order chi connectivity index (χ0) is 16.7. The third-order valence-electron chi connectivity index (χ3n) is 5.59. The zero-order valence-corrected chi connectivity index (χ0v) is 13.3. The number of carbonyl (C=O) groups is 2. The summed E-state index contributed by atoms with van der Waals surface area (Å²) in [5.41, 5.74) is 7.71. The van der Waals surface area contributed by atoms with Gasteiger partial charge in [0.05, 0.1) is 11.9 Å². The molecule has 0 unspecified atom stereocenters. The standard InChI is InChI=1S/C22H13NO2/c24-16-10-17(25)21-19-13-7-3-4-8-15(13)23-22(19)14-9-11-5-1-2-6-12(11)18(14)20(16)21/h1-8,23H,9-10H2. The van der Waals surface area contributed by atoms with Gasteiger partial charge in [-0.15, -0.1) is 0 Å². The van der Waals surface area contributed by atoms with Crippen LogP contribution in [0.2, 0.25) is 0 Å². The molecule has 1 N–H and O–H groups in total. The van der Waals surface area contributed by atoms with Crippen molar-refractivity contribution < 1.29 is 9.59 Å². The minimum absolute atomic E-state index is 0.0113. The molecule has 0 saturated carbocycles. The highest BCUT2D eigenvalue weighted by molar-refractivity contribution is 6.35. The lowest BCUT2D eigenvalue weighted by molar-refractivity contribution is 0.0923. The highest BCUT2D eigenvalue weighted by Gasteiger charge is 2.38. The first-order chi connectivity index (χ1) is 12.2. The van der Waals surface area contributed by atoms with Gasteiger partial charge in [-0.3, -0.25) is 9.59 Å². The first-order valence-electron chi connectivity index (χ1n) is 8.48. The van der Waals surface area contributed by atoms with Crippen LogP contribution in [0.15, 0.2) is 48.5 Å². The molecule has 25 heavy (non-hydrogen) atoms. The van der Waals surface area contributed by atoms with Crippen molar-refractivity contribution in [1.82, 2.24) is 4.98 Å². The number of aromatic nitrogens is 1. The van der Waals surface area contributed by atoms with Crippen LogP contribution in [0.5, 0.6) is 0 Å². The van der Waals surface area contributed by atoms with E-state index >= 15 is 0 Å². The van der Waals surface area contributed by atoms with Gasteiger partial charge in [-0.2, -0.15) is 0 Å². The van der Waals surface area contributed by atoms with Crippen molar-refractivity contribution in [3.05, 3.63) is 70.8 Å². The lowest BCUT2D eigenvalue weighted by Gasteiger charge is -2.10. The highest BCUT2D eigenvalue weighted by atomic mass is 16.2. The second kappa shape index (κ2) is 4.25. The molecule has 3 aromatic carbocycles. The fourth-order valence-electron chi connectivity index (χ4n) is 4.62. The highest BCUT2D eigenvalue weighted by Crippen LogP contribution is 2.48. The number of nitrogens with one attached hydrogen (secondary N) is 1. The number of hydrogen-bond donors (Lipinski definition) is 1. The van der Waals surface area contributed by atoms with Gasteiger partial charge in [-0.1, -0.05) is 42.5 Å². The molecule has 0 saturated heterocycles. The normalized spacial score (nSPS) is 15.0. The summed E-state index contributed by atoms with van der Waals surface area (Å²) in [5, 5.41) is 1.95. The van der Waals surface area contributed by atoms with Crippen LogP contribution in [0.4, 0.5) is 0 Å². The SMILES string of the molecule is O=C1CC(=O)c2c1c1c(c3[nH]c4ccccc4c23)Cc2ccccc2-1. The molecule has 0 aliphatic heterocycles. The minimum Gasteiger partial charge on any atom is -0.354 e. The summed E-state index contributed by atoms with van der Waals surface area (Å²) in [7, 11) is 0. The molecule has 0 spiro atoms. The van der Waals surface area contributed by atoms with Crippen LogP contribution >= 0.6 is 0 Å². The summed E-state index contributed by atoms with van der Waals surface area (Å²) in [4.78, 5) is 28.9. The first-order valence-corrected chi connectivity index (χ1v) is 8.48. The van der Waals surface area contributed by atoms with Gasteiger partial charge in [-0.25, -0.2) is 0 Å². The van der Waals surface area contributed by atoms with E-state index in [0.29, 0.717) is 11.1 Å². The Labute approximate surface area is 143 Å². The van der Waals surface area contributed by atoms with Gasteiger partial charge in [0.15, 0.2) is 11.6 Å². The van der Waals surface area contributed by atoms with Crippen molar-refractivity contribution in [3.8, 4) is 11.1 Å². The van der Waals surface area contributed by atoms with E-state index in [4.69, 9.17) is 0 Å². The van der Waals surface area contributed by atoms with Crippen molar-refractivity contribution in [2.45, 2.75) is 12.8 Å². The molecule has 0 amide bonds. The predicted octanol–water partition coefficient (Wildman–Crippen LogP) is 4.66. The monoisotopic (exact) mass is 323 g/mol. The van der Waals surface area contributed by atoms with Gasteiger partial charge in [0.25, 0.3) is 0 Å². The summed E-state index contributed by atoms with van der Waals surface area (Å²) in [6.07, 6.45) is 0.784. The molecule has 3 nitrogen and oxygen atoms in total. The van der Waals surface area contributed by atoms with E-state index in [9.17, 15) is 9.59 Å². The molecule has 4 aromatic rings. The molecule has 1 aromatic heterocycles. The largest absolute Gasteiger partial charge is 0.354 e. The van der Waals surface area contributed by atoms with Gasteiger partial charge < -0.3 is 4.98 Å². The van der Waals surface area contributed by atoms with Gasteiger partial charge in [-0.05, 0) is 28.3 Å². The topological polar surface area (TPSA) is 49.9 Å². The fourth-order valence-corrected chi connectivity index (χ4v) is 4.62. The maximum atomic E-state index is 12.7. The number of carbonyl (C=O) groups excluding carboxylic acids is 2. The lowest BCUT2D eigenvalue weighted by Crippen LogP contribution is -1.98. The lowest BCUT2D eigenvalue weighted by atomic mass is 9.92. The first kappa shape index (κ1) is 13.1. The molecule has 2 aliphatic carbocycles. The maximum absolute atomic E-state index is 12.7. The fraction of sp³-hybridized carbons (Fsp3) is 0.0909. The quantitative estimate of drug-likeness (QED) is 0.421. The zero-order valence-electron chi connectivity index (χ0n) is 13.3. The molecule has 0 radical (unpaired) electrons. The molecule has 0 fully saturated rings. The Morgan fingerprint density at radius 2 is 1.52 bits per heavy atom. The Hall–Kier alpha value is -3.20. The van der Waals surface area contributed by atoms with E-state index in [2.05, 4.69) is 17.1 Å². The molecule has 6 rings (SSSR count). The number of benzene rings is 3. The van der Waals surface area contributed by atoms with E-state index in [1.165, 1.54) is 5.56 Å². The Morgan fingerprint density at radius 3 is 2.44 bits per heavy atom. The van der Waals surface area contributed by atoms with E-state index in [0.717, 1.165) is 44.9 Å². The number of aromatic amines is 1. The number of ketones is 2. The number of hydrogen-bond acceptors (Lipinski definition) is 2. The summed E-state index contributed by atoms with van der Waals surface area (Å²) in [5.74, 6) is -0.0953. The molecular weight excluding hydrogens is 310 g/mol. The third kappa shape index (κ3) is 1.47. The van der Waals surface area contributed by atoms with Crippen LogP contribution in [0, 0.1) is 0 Å². The van der Waals surface area contributed by atoms with Gasteiger partial charge in [0, 0.05) is 33.8 Å². The number of rotatable bonds is 0. The van der Waals surface area contributed by atoms with Crippen molar-refractivity contribution in [2.24, 2.45) is 0 Å². The average molecular weight is 323 g/mol. The van der Waals surface area contributed by atoms with Crippen molar-refractivity contribution >= 4 is 33.4 Å². The van der Waals surface area contributed by atoms with Gasteiger partial charge >= 0.3 is 0 Å². The van der Waals surface area contributed by atoms with Crippen LogP contribution in [-0.2, 0) is 6.42 Å². The smallest absolute Gasteiger partial charge is 0.172 e. The van der Waals surface area contributed by atoms with Crippen molar-refractivity contribution in [3.63, 3.8) is 0 Å². The second-order valence-corrected chi connectivity index (χ2v) is 6.88. The van der Waals surface area contributed by atoms with E-state index in [1.807, 2.05) is 36.4 Å². The number of para-hydroxylation sites is 1. The Bertz CT molecular complexity index is 1280. The molecule has 0 atom stereocenters. The predicted molar refractivity (Wildman–Crippen MR) is 97.3 cm³/mol. The van der Waals surface area contributed by atoms with Crippen LogP contribution in [0.25, 0.3) is 32.9 Å². The van der Waals surface area contributed by atoms with Gasteiger partial charge in [0.1, 0.15) is 0 Å². The molecule has 118 valence electrons. The van der Waals surface area contributed by atoms with E-state index in [-0.39, 0.29) is 18.0 Å². The van der Waals surface area contributed by atoms with E-state index in [1.54, 1.807) is 0 Å². The van der Waals surface area contributed by atoms with Gasteiger partial charge in [0.2, 0.25) is 0 Å². The molecule has 2 aliphatic rings. The van der Waals surface area contributed by atoms with Crippen molar-refractivity contribution in [1.29, 1.82) is 0 Å². The van der Waals surface area contributed by atoms with Crippen LogP contribution in [0.1, 0.15) is 38.3 Å².